The summed E-state index contributed by atoms with van der Waals surface area (Å²) in [6.45, 7) is 1.92. The van der Waals surface area contributed by atoms with E-state index in [-0.39, 0.29) is 16.6 Å². The monoisotopic (exact) mass is 371 g/mol. The molecule has 0 amide bonds. The lowest BCUT2D eigenvalue weighted by atomic mass is 10.1. The van der Waals surface area contributed by atoms with Crippen molar-refractivity contribution in [3.63, 3.8) is 0 Å². The van der Waals surface area contributed by atoms with Gasteiger partial charge in [-0.05, 0) is 42.8 Å². The van der Waals surface area contributed by atoms with Gasteiger partial charge in [0.25, 0.3) is 5.69 Å². The molecule has 0 saturated carbocycles. The van der Waals surface area contributed by atoms with Crippen LogP contribution in [0.25, 0.3) is 10.9 Å². The minimum Gasteiger partial charge on any atom is -0.377 e. The van der Waals surface area contributed by atoms with Crippen LogP contribution in [0.4, 0.5) is 11.4 Å². The van der Waals surface area contributed by atoms with Gasteiger partial charge >= 0.3 is 0 Å². The van der Waals surface area contributed by atoms with Crippen molar-refractivity contribution in [1.29, 1.82) is 0 Å². The number of benzene rings is 2. The zero-order valence-corrected chi connectivity index (χ0v) is 15.0. The number of sulfone groups is 1. The smallest absolute Gasteiger partial charge is 0.278 e. The predicted octanol–water partition coefficient (Wildman–Crippen LogP) is 3.72. The quantitative estimate of drug-likeness (QED) is 0.542. The number of anilines is 1. The van der Waals surface area contributed by atoms with Crippen LogP contribution in [0, 0.1) is 10.1 Å². The molecule has 134 valence electrons. The molecule has 7 nitrogen and oxygen atoms in total. The van der Waals surface area contributed by atoms with Crippen LogP contribution in [0.1, 0.15) is 18.5 Å². The van der Waals surface area contributed by atoms with E-state index in [0.717, 1.165) is 5.56 Å². The van der Waals surface area contributed by atoms with Crippen molar-refractivity contribution in [3.8, 4) is 0 Å². The molecule has 0 aliphatic rings. The first kappa shape index (κ1) is 17.8. The van der Waals surface area contributed by atoms with E-state index in [1.54, 1.807) is 48.7 Å². The van der Waals surface area contributed by atoms with Crippen molar-refractivity contribution in [3.05, 3.63) is 70.4 Å². The highest BCUT2D eigenvalue weighted by Crippen LogP contribution is 2.31. The fourth-order valence-electron chi connectivity index (χ4n) is 2.75. The topological polar surface area (TPSA) is 102 Å². The lowest BCUT2D eigenvalue weighted by Crippen LogP contribution is -2.08. The van der Waals surface area contributed by atoms with Gasteiger partial charge in [0.15, 0.2) is 9.84 Å². The van der Waals surface area contributed by atoms with Gasteiger partial charge in [0.2, 0.25) is 0 Å². The summed E-state index contributed by atoms with van der Waals surface area (Å²) in [6, 6.07) is 12.9. The van der Waals surface area contributed by atoms with Gasteiger partial charge in [0.1, 0.15) is 5.52 Å². The fourth-order valence-corrected chi connectivity index (χ4v) is 3.38. The largest absolute Gasteiger partial charge is 0.377 e. The Bertz CT molecular complexity index is 1080. The maximum atomic E-state index is 11.6. The van der Waals surface area contributed by atoms with E-state index >= 15 is 0 Å². The minimum atomic E-state index is -3.24. The van der Waals surface area contributed by atoms with Gasteiger partial charge in [-0.25, -0.2) is 8.42 Å². The molecule has 0 unspecified atom stereocenters. The highest BCUT2D eigenvalue weighted by Gasteiger charge is 2.16. The van der Waals surface area contributed by atoms with Crippen LogP contribution in [0.3, 0.4) is 0 Å². The van der Waals surface area contributed by atoms with Gasteiger partial charge < -0.3 is 5.32 Å². The van der Waals surface area contributed by atoms with E-state index in [1.165, 1.54) is 12.3 Å². The molecule has 0 aliphatic carbocycles. The summed E-state index contributed by atoms with van der Waals surface area (Å²) in [5, 5.41) is 14.9. The number of hydrogen-bond acceptors (Lipinski definition) is 6. The number of rotatable bonds is 5. The molecule has 3 aromatic rings. The Labute approximate surface area is 150 Å². The average molecular weight is 371 g/mol. The molecule has 1 aromatic heterocycles. The van der Waals surface area contributed by atoms with Gasteiger partial charge in [0.05, 0.1) is 20.9 Å². The van der Waals surface area contributed by atoms with Crippen LogP contribution in [-0.4, -0.2) is 24.6 Å². The second-order valence-corrected chi connectivity index (χ2v) is 8.01. The number of aromatic nitrogens is 1. The average Bonchev–Trinajstić information content (AvgIpc) is 2.61. The van der Waals surface area contributed by atoms with Crippen molar-refractivity contribution in [2.24, 2.45) is 0 Å². The SMILES string of the molecule is C[C@@H](Nc1ccc([N+](=O)[O-])c2cccnc12)c1ccc(S(C)(=O)=O)cc1. The fraction of sp³-hybridized carbons (Fsp3) is 0.167. The molecule has 26 heavy (non-hydrogen) atoms. The van der Waals surface area contributed by atoms with Crippen LogP contribution in [-0.2, 0) is 9.84 Å². The Morgan fingerprint density at radius 2 is 1.81 bits per heavy atom. The molecule has 1 N–H and O–H groups in total. The Kier molecular flexibility index (Phi) is 4.60. The Morgan fingerprint density at radius 3 is 2.42 bits per heavy atom. The van der Waals surface area contributed by atoms with Gasteiger partial charge in [-0.1, -0.05) is 12.1 Å². The number of nitro benzene ring substituents is 1. The normalized spacial score (nSPS) is 12.7. The summed E-state index contributed by atoms with van der Waals surface area (Å²) in [4.78, 5) is 15.3. The molecule has 0 saturated heterocycles. The van der Waals surface area contributed by atoms with Crippen molar-refractivity contribution in [1.82, 2.24) is 4.98 Å². The van der Waals surface area contributed by atoms with E-state index in [9.17, 15) is 18.5 Å². The summed E-state index contributed by atoms with van der Waals surface area (Å²) in [6.07, 6.45) is 2.75. The first-order valence-corrected chi connectivity index (χ1v) is 9.75. The summed E-state index contributed by atoms with van der Waals surface area (Å²) in [5.74, 6) is 0. The summed E-state index contributed by atoms with van der Waals surface area (Å²) in [5.41, 5.74) is 2.08. The summed E-state index contributed by atoms with van der Waals surface area (Å²) >= 11 is 0. The maximum Gasteiger partial charge on any atom is 0.278 e. The Hall–Kier alpha value is -3.00. The van der Waals surface area contributed by atoms with Crippen molar-refractivity contribution < 1.29 is 13.3 Å². The molecule has 3 rings (SSSR count). The van der Waals surface area contributed by atoms with Crippen LogP contribution >= 0.6 is 0 Å². The van der Waals surface area contributed by atoms with Gasteiger partial charge in [0, 0.05) is 24.6 Å². The minimum absolute atomic E-state index is 0.00353. The molecule has 2 aromatic carbocycles. The van der Waals surface area contributed by atoms with Crippen molar-refractivity contribution in [2.75, 3.05) is 11.6 Å². The van der Waals surface area contributed by atoms with E-state index < -0.39 is 14.8 Å². The summed E-state index contributed by atoms with van der Waals surface area (Å²) < 4.78 is 23.1. The second-order valence-electron chi connectivity index (χ2n) is 6.00. The molecule has 1 heterocycles. The molecule has 0 spiro atoms. The van der Waals surface area contributed by atoms with Gasteiger partial charge in [-0.15, -0.1) is 0 Å². The molecular weight excluding hydrogens is 354 g/mol. The highest BCUT2D eigenvalue weighted by molar-refractivity contribution is 7.90. The Balaban J connectivity index is 1.94. The molecular formula is C18H17N3O4S. The third kappa shape index (κ3) is 3.50. The van der Waals surface area contributed by atoms with Gasteiger partial charge in [-0.2, -0.15) is 0 Å². The predicted molar refractivity (Wildman–Crippen MR) is 100.0 cm³/mol. The van der Waals surface area contributed by atoms with Crippen LogP contribution in [0.15, 0.2) is 59.6 Å². The lowest BCUT2D eigenvalue weighted by molar-refractivity contribution is -0.383. The first-order chi connectivity index (χ1) is 12.3. The third-order valence-corrected chi connectivity index (χ3v) is 5.25. The van der Waals surface area contributed by atoms with Crippen LogP contribution in [0.5, 0.6) is 0 Å². The maximum absolute atomic E-state index is 11.6. The van der Waals surface area contributed by atoms with Crippen molar-refractivity contribution >= 4 is 32.1 Å². The van der Waals surface area contributed by atoms with Crippen LogP contribution in [0.2, 0.25) is 0 Å². The third-order valence-electron chi connectivity index (χ3n) is 4.12. The number of fused-ring (bicyclic) bond motifs is 1. The van der Waals surface area contributed by atoms with E-state index in [4.69, 9.17) is 0 Å². The van der Waals surface area contributed by atoms with Crippen molar-refractivity contribution in [2.45, 2.75) is 17.9 Å². The molecule has 0 radical (unpaired) electrons. The molecule has 0 fully saturated rings. The zero-order valence-electron chi connectivity index (χ0n) is 14.2. The number of nitro groups is 1. The number of non-ortho nitro benzene ring substituents is 1. The molecule has 8 heteroatoms. The number of pyridine rings is 1. The van der Waals surface area contributed by atoms with E-state index in [0.29, 0.717) is 16.6 Å². The number of nitrogens with zero attached hydrogens (tertiary/aromatic N) is 2. The van der Waals surface area contributed by atoms with Crippen LogP contribution < -0.4 is 5.32 Å². The van der Waals surface area contributed by atoms with Gasteiger partial charge in [-0.3, -0.25) is 15.1 Å². The number of nitrogens with one attached hydrogen (secondary N) is 1. The van der Waals surface area contributed by atoms with E-state index in [1.807, 2.05) is 6.92 Å². The highest BCUT2D eigenvalue weighted by atomic mass is 32.2. The standard InChI is InChI=1S/C18H17N3O4S/c1-12(13-5-7-14(8-6-13)26(2,24)25)20-16-9-10-17(21(22)23)15-4-3-11-19-18(15)16/h3-12,20H,1-2H3/t12-/m1/s1. The molecule has 0 aliphatic heterocycles. The molecule has 0 bridgehead atoms. The first-order valence-electron chi connectivity index (χ1n) is 7.86. The molecule has 1 atom stereocenters. The number of hydrogen-bond donors (Lipinski definition) is 1. The summed E-state index contributed by atoms with van der Waals surface area (Å²) in [7, 11) is -3.24. The Morgan fingerprint density at radius 1 is 1.12 bits per heavy atom. The zero-order chi connectivity index (χ0) is 18.9. The second kappa shape index (κ2) is 6.72. The van der Waals surface area contributed by atoms with E-state index in [2.05, 4.69) is 10.3 Å². The lowest BCUT2D eigenvalue weighted by Gasteiger charge is -2.17.